The van der Waals surface area contributed by atoms with E-state index in [1.807, 2.05) is 0 Å². The Balaban J connectivity index is 2.69. The number of alkyl halides is 3. The molecule has 0 spiro atoms. The van der Waals surface area contributed by atoms with Crippen molar-refractivity contribution in [2.45, 2.75) is 11.2 Å². The number of hydrogen-bond acceptors (Lipinski definition) is 4. The molecule has 0 fully saturated rings. The first kappa shape index (κ1) is 16.5. The molecule has 2 rings (SSSR count). The second kappa shape index (κ2) is 5.73. The molecule has 22 heavy (non-hydrogen) atoms. The summed E-state index contributed by atoms with van der Waals surface area (Å²) in [5.74, 6) is -0.991. The Morgan fingerprint density at radius 2 is 2.05 bits per heavy atom. The molecular weight excluding hydrogens is 341 g/mol. The number of carbonyl (C=O) groups excluding carboxylic acids is 1. The Morgan fingerprint density at radius 1 is 1.41 bits per heavy atom. The molecule has 5 nitrogen and oxygen atoms in total. The molecule has 4 N–H and O–H groups in total. The molecule has 1 aromatic carbocycles. The number of anilines is 1. The number of nitrogens with zero attached hydrogens (tertiary/aromatic N) is 2. The molecule has 0 bridgehead atoms. The number of hydrogen-bond donors (Lipinski definition) is 2. The van der Waals surface area contributed by atoms with Crippen molar-refractivity contribution in [3.63, 3.8) is 0 Å². The van der Waals surface area contributed by atoms with Crippen LogP contribution >= 0.6 is 23.4 Å². The Hall–Kier alpha value is -1.87. The van der Waals surface area contributed by atoms with Crippen LogP contribution in [0.4, 0.5) is 19.0 Å². The molecule has 0 radical (unpaired) electrons. The van der Waals surface area contributed by atoms with Crippen LogP contribution in [0.15, 0.2) is 23.2 Å². The summed E-state index contributed by atoms with van der Waals surface area (Å²) >= 11 is 7.02. The van der Waals surface area contributed by atoms with Crippen LogP contribution in [-0.2, 0) is 6.18 Å². The number of halogens is 4. The lowest BCUT2D eigenvalue weighted by Crippen LogP contribution is -2.14. The molecule has 1 heterocycles. The van der Waals surface area contributed by atoms with Crippen LogP contribution in [0, 0.1) is 0 Å². The summed E-state index contributed by atoms with van der Waals surface area (Å²) in [6.07, 6.45) is -2.91. The van der Waals surface area contributed by atoms with E-state index in [1.165, 1.54) is 0 Å². The number of benzene rings is 1. The molecule has 118 valence electrons. The quantitative estimate of drug-likeness (QED) is 0.833. The van der Waals surface area contributed by atoms with Gasteiger partial charge in [-0.15, -0.1) is 11.8 Å². The topological polar surface area (TPSA) is 86.9 Å². The van der Waals surface area contributed by atoms with E-state index in [4.69, 9.17) is 23.1 Å². The Bertz CT molecular complexity index is 745. The highest BCUT2D eigenvalue weighted by Crippen LogP contribution is 2.35. The molecule has 0 aliphatic carbocycles. The normalized spacial score (nSPS) is 11.7. The number of rotatable bonds is 3. The van der Waals surface area contributed by atoms with Crippen molar-refractivity contribution in [1.82, 2.24) is 9.78 Å². The van der Waals surface area contributed by atoms with E-state index in [1.54, 1.807) is 6.26 Å². The number of nitrogen functional groups attached to an aromatic ring is 1. The lowest BCUT2D eigenvalue weighted by atomic mass is 10.2. The fraction of sp³-hybridized carbons (Fsp3) is 0.167. The molecule has 0 unspecified atom stereocenters. The van der Waals surface area contributed by atoms with Gasteiger partial charge in [-0.05, 0) is 24.5 Å². The second-order valence-corrected chi connectivity index (χ2v) is 5.41. The molecule has 10 heteroatoms. The molecule has 0 saturated carbocycles. The molecule has 0 atom stereocenters. The molecule has 0 aliphatic rings. The van der Waals surface area contributed by atoms with E-state index >= 15 is 0 Å². The smallest absolute Gasteiger partial charge is 0.383 e. The van der Waals surface area contributed by atoms with Crippen molar-refractivity contribution in [2.24, 2.45) is 5.73 Å². The summed E-state index contributed by atoms with van der Waals surface area (Å²) < 4.78 is 39.4. The van der Waals surface area contributed by atoms with Crippen molar-refractivity contribution < 1.29 is 18.0 Å². The van der Waals surface area contributed by atoms with Crippen molar-refractivity contribution in [2.75, 3.05) is 12.0 Å². The van der Waals surface area contributed by atoms with Gasteiger partial charge >= 0.3 is 6.18 Å². The minimum absolute atomic E-state index is 0.00544. The van der Waals surface area contributed by atoms with E-state index in [2.05, 4.69) is 5.10 Å². The summed E-state index contributed by atoms with van der Waals surface area (Å²) in [5.41, 5.74) is 9.96. The zero-order chi connectivity index (χ0) is 16.7. The summed E-state index contributed by atoms with van der Waals surface area (Å²) in [7, 11) is 0. The number of aromatic nitrogens is 2. The predicted molar refractivity (Wildman–Crippen MR) is 78.3 cm³/mol. The summed E-state index contributed by atoms with van der Waals surface area (Å²) in [4.78, 5) is 11.4. The van der Waals surface area contributed by atoms with Crippen LogP contribution < -0.4 is 11.5 Å². The lowest BCUT2D eigenvalue weighted by molar-refractivity contribution is -0.137. The number of thioether (sulfide) groups is 1. The van der Waals surface area contributed by atoms with Crippen molar-refractivity contribution in [1.29, 1.82) is 0 Å². The van der Waals surface area contributed by atoms with Crippen LogP contribution in [0.3, 0.4) is 0 Å². The Kier molecular flexibility index (Phi) is 4.30. The standard InChI is InChI=1S/C12H10ClF3N4OS/c1-22-11-8(10(18)21)9(17)20(19-11)7-4-5(12(14,15)16)2-3-6(7)13/h2-4H,17H2,1H3,(H2,18,21). The fourth-order valence-electron chi connectivity index (χ4n) is 1.82. The van der Waals surface area contributed by atoms with E-state index in [9.17, 15) is 18.0 Å². The predicted octanol–water partition coefficient (Wildman–Crippen LogP) is 2.95. The first-order valence-corrected chi connectivity index (χ1v) is 7.36. The van der Waals surface area contributed by atoms with Crippen LogP contribution in [0.5, 0.6) is 0 Å². The van der Waals surface area contributed by atoms with Gasteiger partial charge in [0, 0.05) is 0 Å². The van der Waals surface area contributed by atoms with Crippen molar-refractivity contribution in [3.8, 4) is 5.69 Å². The summed E-state index contributed by atoms with van der Waals surface area (Å²) in [5, 5.41) is 4.22. The third kappa shape index (κ3) is 2.86. The monoisotopic (exact) mass is 350 g/mol. The molecule has 1 aromatic heterocycles. The fourth-order valence-corrected chi connectivity index (χ4v) is 2.59. The van der Waals surface area contributed by atoms with Crippen molar-refractivity contribution in [3.05, 3.63) is 34.3 Å². The minimum Gasteiger partial charge on any atom is -0.383 e. The number of primary amides is 1. The van der Waals surface area contributed by atoms with Gasteiger partial charge in [0.25, 0.3) is 5.91 Å². The SMILES string of the molecule is CSc1nn(-c2cc(C(F)(F)F)ccc2Cl)c(N)c1C(N)=O. The van der Waals surface area contributed by atoms with E-state index in [0.29, 0.717) is 0 Å². The maximum absolute atomic E-state index is 12.8. The van der Waals surface area contributed by atoms with Gasteiger partial charge < -0.3 is 11.5 Å². The highest BCUT2D eigenvalue weighted by atomic mass is 35.5. The van der Waals surface area contributed by atoms with E-state index in [-0.39, 0.29) is 27.1 Å². The number of amides is 1. The molecule has 0 saturated heterocycles. The van der Waals surface area contributed by atoms with Crippen LogP contribution in [0.2, 0.25) is 5.02 Å². The van der Waals surface area contributed by atoms with Gasteiger partial charge in [-0.2, -0.15) is 18.3 Å². The zero-order valence-electron chi connectivity index (χ0n) is 11.1. The van der Waals surface area contributed by atoms with Crippen molar-refractivity contribution >= 4 is 35.1 Å². The Labute approximate surface area is 132 Å². The highest BCUT2D eigenvalue weighted by molar-refractivity contribution is 7.98. The molecular formula is C12H10ClF3N4OS. The van der Waals surface area contributed by atoms with Gasteiger partial charge in [-0.1, -0.05) is 11.6 Å². The summed E-state index contributed by atoms with van der Waals surface area (Å²) in [6, 6.07) is 2.74. The molecule has 2 aromatic rings. The van der Waals surface area contributed by atoms with Gasteiger partial charge in [0.15, 0.2) is 0 Å². The average molecular weight is 351 g/mol. The molecule has 0 aliphatic heterocycles. The van der Waals surface area contributed by atoms with E-state index in [0.717, 1.165) is 34.6 Å². The first-order valence-electron chi connectivity index (χ1n) is 5.76. The summed E-state index contributed by atoms with van der Waals surface area (Å²) in [6.45, 7) is 0. The highest BCUT2D eigenvalue weighted by Gasteiger charge is 2.32. The van der Waals surface area contributed by atoms with Gasteiger partial charge in [0.1, 0.15) is 16.4 Å². The zero-order valence-corrected chi connectivity index (χ0v) is 12.7. The third-order valence-electron chi connectivity index (χ3n) is 2.83. The van der Waals surface area contributed by atoms with Crippen LogP contribution in [0.1, 0.15) is 15.9 Å². The van der Waals surface area contributed by atoms with Gasteiger partial charge in [-0.3, -0.25) is 4.79 Å². The van der Waals surface area contributed by atoms with Crippen LogP contribution in [-0.4, -0.2) is 21.9 Å². The third-order valence-corrected chi connectivity index (χ3v) is 3.82. The number of carbonyl (C=O) groups is 1. The maximum Gasteiger partial charge on any atom is 0.416 e. The average Bonchev–Trinajstić information content (AvgIpc) is 2.75. The maximum atomic E-state index is 12.8. The first-order chi connectivity index (χ1) is 10.2. The van der Waals surface area contributed by atoms with Gasteiger partial charge in [0.05, 0.1) is 16.3 Å². The van der Waals surface area contributed by atoms with Gasteiger partial charge in [-0.25, -0.2) is 4.68 Å². The Morgan fingerprint density at radius 3 is 2.50 bits per heavy atom. The van der Waals surface area contributed by atoms with Gasteiger partial charge in [0.2, 0.25) is 0 Å². The van der Waals surface area contributed by atoms with E-state index < -0.39 is 17.6 Å². The minimum atomic E-state index is -4.55. The van der Waals surface area contributed by atoms with Crippen LogP contribution in [0.25, 0.3) is 5.69 Å². The largest absolute Gasteiger partial charge is 0.416 e. The second-order valence-electron chi connectivity index (χ2n) is 4.21. The lowest BCUT2D eigenvalue weighted by Gasteiger charge is -2.11. The molecule has 1 amide bonds. The number of nitrogens with two attached hydrogens (primary N) is 2.